The number of amides is 4. The molecule has 4 amide bonds. The van der Waals surface area contributed by atoms with Crippen LogP contribution in [0.15, 0.2) is 97.2 Å². The third kappa shape index (κ3) is 11.3. The van der Waals surface area contributed by atoms with E-state index < -0.39 is 11.9 Å². The highest BCUT2D eigenvalue weighted by Crippen LogP contribution is 2.30. The third-order valence-corrected chi connectivity index (χ3v) is 12.3. The minimum atomic E-state index is -0.662. The van der Waals surface area contributed by atoms with Crippen LogP contribution in [0.5, 0.6) is 0 Å². The molecule has 64 heavy (non-hydrogen) atoms. The summed E-state index contributed by atoms with van der Waals surface area (Å²) < 4.78 is 29.9. The van der Waals surface area contributed by atoms with Gasteiger partial charge in [-0.3, -0.25) is 29.4 Å². The number of aromatic nitrogens is 2. The largest absolute Gasteiger partial charge is 0.374 e. The molecular weight excluding hydrogens is 842 g/mol. The molecule has 1 aliphatic carbocycles. The van der Waals surface area contributed by atoms with E-state index in [1.807, 2.05) is 0 Å². The molecule has 1 aromatic heterocycles. The van der Waals surface area contributed by atoms with E-state index in [4.69, 9.17) is 11.6 Å². The lowest BCUT2D eigenvalue weighted by Gasteiger charge is -2.37. The van der Waals surface area contributed by atoms with Crippen molar-refractivity contribution in [3.8, 4) is 0 Å². The monoisotopic (exact) mass is 890 g/mol. The number of halogens is 3. The molecule has 0 bridgehead atoms. The van der Waals surface area contributed by atoms with Gasteiger partial charge in [0.05, 0.1) is 22.6 Å². The summed E-state index contributed by atoms with van der Waals surface area (Å²) in [5.41, 5.74) is 3.60. The molecule has 1 saturated carbocycles. The van der Waals surface area contributed by atoms with Gasteiger partial charge in [-0.25, -0.2) is 13.8 Å². The molecule has 5 aromatic rings. The summed E-state index contributed by atoms with van der Waals surface area (Å²) in [6.07, 6.45) is 6.68. The molecule has 4 aromatic carbocycles. The van der Waals surface area contributed by atoms with Crippen molar-refractivity contribution in [3.63, 3.8) is 0 Å². The van der Waals surface area contributed by atoms with Gasteiger partial charge >= 0.3 is 0 Å². The number of benzene rings is 4. The first-order chi connectivity index (χ1) is 31.0. The molecule has 6 N–H and O–H groups in total. The van der Waals surface area contributed by atoms with Gasteiger partial charge in [-0.1, -0.05) is 23.7 Å². The smallest absolute Gasteiger partial charge is 0.255 e. The van der Waals surface area contributed by atoms with Gasteiger partial charge in [-0.15, -0.1) is 0 Å². The molecule has 3 aliphatic rings. The van der Waals surface area contributed by atoms with Gasteiger partial charge in [0.2, 0.25) is 17.8 Å². The van der Waals surface area contributed by atoms with E-state index in [9.17, 15) is 23.6 Å². The molecule has 332 valence electrons. The fourth-order valence-corrected chi connectivity index (χ4v) is 8.46. The summed E-state index contributed by atoms with van der Waals surface area (Å²) in [6, 6.07) is 24.8. The second-order valence-electron chi connectivity index (χ2n) is 16.4. The zero-order valence-electron chi connectivity index (χ0n) is 35.0. The fraction of sp³-hybridized carbons (Fsp3) is 0.319. The van der Waals surface area contributed by atoms with Crippen LogP contribution < -0.4 is 36.8 Å². The molecule has 17 heteroatoms. The van der Waals surface area contributed by atoms with Crippen molar-refractivity contribution < 1.29 is 28.0 Å². The summed E-state index contributed by atoms with van der Waals surface area (Å²) in [7, 11) is 0. The van der Waals surface area contributed by atoms with Gasteiger partial charge in [0.25, 0.3) is 11.8 Å². The number of carbonyl (C=O) groups is 4. The number of nitrogens with zero attached hydrogens (tertiary/aromatic N) is 4. The van der Waals surface area contributed by atoms with Crippen LogP contribution in [-0.2, 0) is 9.59 Å². The Morgan fingerprint density at radius 2 is 1.44 bits per heavy atom. The summed E-state index contributed by atoms with van der Waals surface area (Å²) in [5.74, 6) is -1.48. The maximum Gasteiger partial charge on any atom is 0.255 e. The van der Waals surface area contributed by atoms with Crippen molar-refractivity contribution in [2.45, 2.75) is 57.0 Å². The molecule has 3 fully saturated rings. The summed E-state index contributed by atoms with van der Waals surface area (Å²) >= 11 is 6.15. The van der Waals surface area contributed by atoms with Crippen LogP contribution in [0.25, 0.3) is 0 Å². The lowest BCUT2D eigenvalue weighted by atomic mass is 9.84. The minimum Gasteiger partial charge on any atom is -0.374 e. The van der Waals surface area contributed by atoms with Crippen molar-refractivity contribution in [1.29, 1.82) is 0 Å². The van der Waals surface area contributed by atoms with E-state index in [1.165, 1.54) is 6.07 Å². The van der Waals surface area contributed by atoms with E-state index in [-0.39, 0.29) is 53.7 Å². The van der Waals surface area contributed by atoms with Crippen LogP contribution in [0.3, 0.4) is 0 Å². The second kappa shape index (κ2) is 20.2. The SMILES string of the molecule is O=C1CCC(Nc2ccc(N3CCN(CCC4CCC(NC(=O)c5ccc(Nc6ncc(F)c(Nc7ccc(C(=O)Nc8ccccc8Cl)cc7)n6)cc5)CC4)CC3)c(F)c2)C(=O)N1. The number of imide groups is 1. The van der Waals surface area contributed by atoms with Crippen LogP contribution in [-0.4, -0.2) is 83.3 Å². The van der Waals surface area contributed by atoms with Gasteiger partial charge in [-0.2, -0.15) is 4.98 Å². The molecule has 0 radical (unpaired) electrons. The molecule has 14 nitrogen and oxygen atoms in total. The van der Waals surface area contributed by atoms with Gasteiger partial charge in [0, 0.05) is 66.8 Å². The topological polar surface area (TPSA) is 173 Å². The lowest BCUT2D eigenvalue weighted by Crippen LogP contribution is -2.47. The molecule has 8 rings (SSSR count). The van der Waals surface area contributed by atoms with Crippen LogP contribution in [0, 0.1) is 17.6 Å². The number of carbonyl (C=O) groups excluding carboxylic acids is 4. The number of hydrogen-bond acceptors (Lipinski definition) is 11. The highest BCUT2D eigenvalue weighted by atomic mass is 35.5. The highest BCUT2D eigenvalue weighted by Gasteiger charge is 2.28. The Morgan fingerprint density at radius 3 is 2.12 bits per heavy atom. The Bertz CT molecular complexity index is 2480. The quantitative estimate of drug-likeness (QED) is 0.0600. The molecule has 2 saturated heterocycles. The fourth-order valence-electron chi connectivity index (χ4n) is 8.28. The number of anilines is 7. The number of rotatable bonds is 14. The minimum absolute atomic E-state index is 0.0590. The standard InChI is InChI=1S/C47H49ClF2N10O4/c48-36-3-1-2-4-39(36)56-45(63)31-7-13-32(14-8-31)53-43-38(50)28-51-47(58-43)55-34-15-9-30(10-16-34)44(62)54-33-11-5-29(6-12-33)21-22-59-23-25-60(26-24-59)41-19-17-35(27-37(41)49)52-40-18-20-42(61)57-46(40)64/h1-4,7-10,13-17,19,27-29,33,40,52H,5-6,11-12,18,20-26H2,(H,54,62)(H,56,63)(H,57,61,64)(H2,51,53,55,58). The van der Waals surface area contributed by atoms with Crippen molar-refractivity contribution in [3.05, 3.63) is 125 Å². The van der Waals surface area contributed by atoms with Gasteiger partial charge in [0.1, 0.15) is 11.9 Å². The van der Waals surface area contributed by atoms with Crippen molar-refractivity contribution >= 4 is 75.4 Å². The summed E-state index contributed by atoms with van der Waals surface area (Å²) in [6.45, 7) is 4.11. The van der Waals surface area contributed by atoms with E-state index in [1.54, 1.807) is 84.9 Å². The first-order valence-electron chi connectivity index (χ1n) is 21.5. The molecule has 1 atom stereocenters. The highest BCUT2D eigenvalue weighted by molar-refractivity contribution is 6.33. The summed E-state index contributed by atoms with van der Waals surface area (Å²) in [4.78, 5) is 62.2. The molecule has 3 heterocycles. The molecule has 1 unspecified atom stereocenters. The maximum absolute atomic E-state index is 15.2. The van der Waals surface area contributed by atoms with E-state index >= 15 is 4.39 Å². The predicted molar refractivity (Wildman–Crippen MR) is 244 cm³/mol. The first kappa shape index (κ1) is 44.0. The van der Waals surface area contributed by atoms with Gasteiger partial charge in [-0.05, 0) is 130 Å². The average Bonchev–Trinajstić information content (AvgIpc) is 3.30. The third-order valence-electron chi connectivity index (χ3n) is 12.0. The van der Waals surface area contributed by atoms with Gasteiger partial charge in [0.15, 0.2) is 11.6 Å². The Hall–Kier alpha value is -6.65. The first-order valence-corrected chi connectivity index (χ1v) is 21.9. The molecule has 0 spiro atoms. The lowest BCUT2D eigenvalue weighted by molar-refractivity contribution is -0.133. The number of piperazine rings is 1. The number of piperidine rings is 1. The summed E-state index contributed by atoms with van der Waals surface area (Å²) in [5, 5.41) is 17.7. The van der Waals surface area contributed by atoms with Crippen molar-refractivity contribution in [2.24, 2.45) is 5.92 Å². The average molecular weight is 891 g/mol. The zero-order chi connectivity index (χ0) is 44.6. The normalized spacial score (nSPS) is 19.0. The van der Waals surface area contributed by atoms with Crippen LogP contribution >= 0.6 is 11.6 Å². The Labute approximate surface area is 374 Å². The second-order valence-corrected chi connectivity index (χ2v) is 16.8. The maximum atomic E-state index is 15.2. The van der Waals surface area contributed by atoms with E-state index in [2.05, 4.69) is 51.7 Å². The Kier molecular flexibility index (Phi) is 13.9. The van der Waals surface area contributed by atoms with Crippen molar-refractivity contribution in [1.82, 2.24) is 25.5 Å². The van der Waals surface area contributed by atoms with E-state index in [0.717, 1.165) is 71.0 Å². The Balaban J connectivity index is 0.736. The van der Waals surface area contributed by atoms with Crippen LogP contribution in [0.4, 0.5) is 49.0 Å². The van der Waals surface area contributed by atoms with Gasteiger partial charge < -0.3 is 31.5 Å². The molecular formula is C47H49ClF2N10O4. The number of hydrogen-bond donors (Lipinski definition) is 6. The van der Waals surface area contributed by atoms with E-state index in [0.29, 0.717) is 56.9 Å². The number of nitrogens with one attached hydrogen (secondary N) is 6. The van der Waals surface area contributed by atoms with Crippen LogP contribution in [0.1, 0.15) is 65.7 Å². The number of para-hydroxylation sites is 1. The molecule has 2 aliphatic heterocycles. The predicted octanol–water partition coefficient (Wildman–Crippen LogP) is 7.87. The zero-order valence-corrected chi connectivity index (χ0v) is 35.8. The van der Waals surface area contributed by atoms with Crippen molar-refractivity contribution in [2.75, 3.05) is 58.9 Å². The Morgan fingerprint density at radius 1 is 0.766 bits per heavy atom. The van der Waals surface area contributed by atoms with Crippen LogP contribution in [0.2, 0.25) is 5.02 Å².